The number of methoxy groups -OCH3 is 1. The molecule has 0 aliphatic carbocycles. The zero-order chi connectivity index (χ0) is 31.4. The summed E-state index contributed by atoms with van der Waals surface area (Å²) in [6.45, 7) is 3.44. The molecule has 0 aliphatic rings. The van der Waals surface area contributed by atoms with Gasteiger partial charge in [-0.05, 0) is 42.3 Å². The topological polar surface area (TPSA) is 190 Å². The number of rotatable bonds is 14. The van der Waals surface area contributed by atoms with Gasteiger partial charge in [0, 0.05) is 29.2 Å². The molecular weight excluding hydrogens is 550 g/mol. The van der Waals surface area contributed by atoms with E-state index in [0.717, 1.165) is 10.8 Å². The molecule has 0 spiro atoms. The van der Waals surface area contributed by atoms with Crippen LogP contribution in [0.25, 0.3) is 10.8 Å². The molecule has 12 nitrogen and oxygen atoms in total. The molecule has 0 saturated carbocycles. The van der Waals surface area contributed by atoms with Crippen molar-refractivity contribution < 1.29 is 23.9 Å². The maximum Gasteiger partial charge on any atom is 0.251 e. The van der Waals surface area contributed by atoms with Gasteiger partial charge >= 0.3 is 0 Å². The van der Waals surface area contributed by atoms with E-state index in [1.54, 1.807) is 57.4 Å². The van der Waals surface area contributed by atoms with Gasteiger partial charge in [0.05, 0.1) is 13.7 Å². The van der Waals surface area contributed by atoms with E-state index in [4.69, 9.17) is 16.2 Å². The number of anilines is 1. The Bertz CT molecular complexity index is 1460. The van der Waals surface area contributed by atoms with E-state index in [1.807, 2.05) is 30.3 Å². The highest BCUT2D eigenvalue weighted by Gasteiger charge is 2.26. The predicted molar refractivity (Wildman–Crippen MR) is 167 cm³/mol. The Balaban J connectivity index is 1.66. The number of carbonyl (C=O) groups excluding carboxylic acids is 4. The Morgan fingerprint density at radius 3 is 2.28 bits per heavy atom. The van der Waals surface area contributed by atoms with Crippen LogP contribution in [0.2, 0.25) is 0 Å². The number of benzene rings is 3. The van der Waals surface area contributed by atoms with Crippen LogP contribution in [-0.2, 0) is 14.4 Å². The molecule has 0 aromatic heterocycles. The molecular formula is C31H39N7O5. The molecule has 0 bridgehead atoms. The number of hydrogen-bond donors (Lipinski definition) is 6. The minimum absolute atomic E-state index is 0.0740. The zero-order valence-corrected chi connectivity index (χ0v) is 24.6. The number of aliphatic imine (C=N–C) groups is 1. The highest BCUT2D eigenvalue weighted by atomic mass is 16.5. The highest BCUT2D eigenvalue weighted by Crippen LogP contribution is 2.29. The summed E-state index contributed by atoms with van der Waals surface area (Å²) >= 11 is 0. The van der Waals surface area contributed by atoms with Crippen molar-refractivity contribution in [3.8, 4) is 5.75 Å². The maximum atomic E-state index is 13.3. The first kappa shape index (κ1) is 32.4. The summed E-state index contributed by atoms with van der Waals surface area (Å²) in [5.41, 5.74) is 11.7. The Kier molecular flexibility index (Phi) is 11.9. The maximum absolute atomic E-state index is 13.3. The number of fused-ring (bicyclic) bond motifs is 1. The van der Waals surface area contributed by atoms with E-state index < -0.39 is 42.3 Å². The van der Waals surface area contributed by atoms with Crippen molar-refractivity contribution in [1.82, 2.24) is 16.0 Å². The first-order chi connectivity index (χ1) is 20.6. The monoisotopic (exact) mass is 589 g/mol. The standard InChI is InChI=1S/C31H39N7O5/c1-19(2)27(38-28(40)20-10-5-4-6-11-20)30(42)35-18-26(39)37-24(14-9-15-34-31(32)33)29(41)36-22-16-21-12-7-8-13-23(21)25(17-22)43-3/h4-8,10-13,16-17,19,24,27H,9,14-15,18H2,1-3H3,(H,35,42)(H,36,41)(H,37,39)(H,38,40)(H4,32,33,34). The second-order valence-electron chi connectivity index (χ2n) is 10.2. The van der Waals surface area contributed by atoms with Crippen molar-refractivity contribution >= 4 is 46.0 Å². The van der Waals surface area contributed by atoms with Crippen LogP contribution < -0.4 is 37.5 Å². The lowest BCUT2D eigenvalue weighted by Crippen LogP contribution is -2.53. The normalized spacial score (nSPS) is 12.1. The number of carbonyl (C=O) groups is 4. The van der Waals surface area contributed by atoms with Crippen LogP contribution in [0.15, 0.2) is 71.7 Å². The number of hydrogen-bond acceptors (Lipinski definition) is 6. The van der Waals surface area contributed by atoms with E-state index in [2.05, 4.69) is 26.3 Å². The number of amides is 4. The number of nitrogens with two attached hydrogens (primary N) is 2. The molecule has 3 aromatic carbocycles. The molecule has 2 atom stereocenters. The Morgan fingerprint density at radius 2 is 1.60 bits per heavy atom. The summed E-state index contributed by atoms with van der Waals surface area (Å²) in [7, 11) is 1.55. The Hall–Kier alpha value is -5.13. The minimum atomic E-state index is -0.949. The fourth-order valence-electron chi connectivity index (χ4n) is 4.39. The van der Waals surface area contributed by atoms with E-state index in [-0.39, 0.29) is 24.8 Å². The van der Waals surface area contributed by atoms with Gasteiger partial charge in [-0.25, -0.2) is 0 Å². The molecule has 3 aromatic rings. The van der Waals surface area contributed by atoms with E-state index in [1.165, 1.54) is 0 Å². The van der Waals surface area contributed by atoms with Gasteiger partial charge in [0.25, 0.3) is 5.91 Å². The fraction of sp³-hybridized carbons (Fsp3) is 0.323. The van der Waals surface area contributed by atoms with Crippen molar-refractivity contribution in [3.05, 3.63) is 72.3 Å². The molecule has 2 unspecified atom stereocenters. The zero-order valence-electron chi connectivity index (χ0n) is 24.6. The molecule has 228 valence electrons. The van der Waals surface area contributed by atoms with Gasteiger partial charge < -0.3 is 37.5 Å². The van der Waals surface area contributed by atoms with Crippen LogP contribution in [0, 0.1) is 5.92 Å². The highest BCUT2D eigenvalue weighted by molar-refractivity contribution is 6.01. The van der Waals surface area contributed by atoms with Gasteiger partial charge in [0.2, 0.25) is 17.7 Å². The third-order valence-corrected chi connectivity index (χ3v) is 6.60. The Labute approximate surface area is 250 Å². The number of guanidine groups is 1. The average Bonchev–Trinajstić information content (AvgIpc) is 2.99. The third-order valence-electron chi connectivity index (χ3n) is 6.60. The van der Waals surface area contributed by atoms with E-state index >= 15 is 0 Å². The summed E-state index contributed by atoms with van der Waals surface area (Å²) in [4.78, 5) is 55.7. The van der Waals surface area contributed by atoms with Gasteiger partial charge in [-0.1, -0.05) is 56.3 Å². The lowest BCUT2D eigenvalue weighted by atomic mass is 10.0. The molecule has 8 N–H and O–H groups in total. The van der Waals surface area contributed by atoms with Crippen LogP contribution in [0.3, 0.4) is 0 Å². The summed E-state index contributed by atoms with van der Waals surface area (Å²) in [5, 5.41) is 12.6. The first-order valence-corrected chi connectivity index (χ1v) is 13.9. The molecule has 0 fully saturated rings. The van der Waals surface area contributed by atoms with Crippen molar-refractivity contribution in [2.45, 2.75) is 38.8 Å². The third kappa shape index (κ3) is 9.73. The predicted octanol–water partition coefficient (Wildman–Crippen LogP) is 1.90. The van der Waals surface area contributed by atoms with Crippen LogP contribution in [0.1, 0.15) is 37.0 Å². The van der Waals surface area contributed by atoms with Gasteiger partial charge in [0.15, 0.2) is 5.96 Å². The smallest absolute Gasteiger partial charge is 0.251 e. The van der Waals surface area contributed by atoms with E-state index in [0.29, 0.717) is 23.4 Å². The van der Waals surface area contributed by atoms with Crippen LogP contribution in [-0.4, -0.2) is 61.9 Å². The van der Waals surface area contributed by atoms with Gasteiger partial charge in [0.1, 0.15) is 17.8 Å². The summed E-state index contributed by atoms with van der Waals surface area (Å²) in [5.74, 6) is -1.70. The molecule has 0 radical (unpaired) electrons. The Morgan fingerprint density at radius 1 is 0.907 bits per heavy atom. The summed E-state index contributed by atoms with van der Waals surface area (Å²) < 4.78 is 5.49. The molecule has 3 rings (SSSR count). The van der Waals surface area contributed by atoms with Gasteiger partial charge in [-0.3, -0.25) is 24.2 Å². The molecule has 4 amide bonds. The minimum Gasteiger partial charge on any atom is -0.496 e. The van der Waals surface area contributed by atoms with Crippen molar-refractivity contribution in [3.63, 3.8) is 0 Å². The molecule has 43 heavy (non-hydrogen) atoms. The molecule has 0 heterocycles. The second-order valence-corrected chi connectivity index (χ2v) is 10.2. The number of nitrogens with one attached hydrogen (secondary N) is 4. The first-order valence-electron chi connectivity index (χ1n) is 13.9. The summed E-state index contributed by atoms with van der Waals surface area (Å²) in [6, 6.07) is 17.8. The molecule has 0 saturated heterocycles. The summed E-state index contributed by atoms with van der Waals surface area (Å²) in [6.07, 6.45) is 0.638. The SMILES string of the molecule is COc1cc(NC(=O)C(CCCN=C(N)N)NC(=O)CNC(=O)C(NC(=O)c2ccccc2)C(C)C)cc2ccccc12. The number of ether oxygens (including phenoxy) is 1. The van der Waals surface area contributed by atoms with Gasteiger partial charge in [-0.2, -0.15) is 0 Å². The van der Waals surface area contributed by atoms with Crippen LogP contribution >= 0.6 is 0 Å². The lowest BCUT2D eigenvalue weighted by Gasteiger charge is -2.22. The quantitative estimate of drug-likeness (QED) is 0.0940. The second kappa shape index (κ2) is 15.8. The fourth-order valence-corrected chi connectivity index (χ4v) is 4.39. The van der Waals surface area contributed by atoms with Crippen LogP contribution in [0.5, 0.6) is 5.75 Å². The van der Waals surface area contributed by atoms with Crippen molar-refractivity contribution in [1.29, 1.82) is 0 Å². The lowest BCUT2D eigenvalue weighted by molar-refractivity contribution is -0.129. The largest absolute Gasteiger partial charge is 0.496 e. The molecule has 0 aliphatic heterocycles. The van der Waals surface area contributed by atoms with Gasteiger partial charge in [-0.15, -0.1) is 0 Å². The molecule has 12 heteroatoms. The van der Waals surface area contributed by atoms with Crippen molar-refractivity contribution in [2.75, 3.05) is 25.5 Å². The van der Waals surface area contributed by atoms with Crippen molar-refractivity contribution in [2.24, 2.45) is 22.4 Å². The van der Waals surface area contributed by atoms with Crippen LogP contribution in [0.4, 0.5) is 5.69 Å². The number of nitrogens with zero attached hydrogens (tertiary/aromatic N) is 1. The average molecular weight is 590 g/mol. The van der Waals surface area contributed by atoms with E-state index in [9.17, 15) is 19.2 Å².